The number of para-hydroxylation sites is 2. The molecule has 0 atom stereocenters. The molecule has 0 unspecified atom stereocenters. The molecule has 1 aliphatic heterocycles. The van der Waals surface area contributed by atoms with E-state index >= 15 is 0 Å². The number of aromatic amines is 1. The predicted molar refractivity (Wildman–Crippen MR) is 103 cm³/mol. The first-order valence-electron chi connectivity index (χ1n) is 9.10. The molecule has 3 aromatic rings. The van der Waals surface area contributed by atoms with Gasteiger partial charge in [0.1, 0.15) is 0 Å². The molecule has 26 heavy (non-hydrogen) atoms. The molecule has 1 aliphatic rings. The first-order valence-corrected chi connectivity index (χ1v) is 9.10. The van der Waals surface area contributed by atoms with Gasteiger partial charge >= 0.3 is 5.69 Å². The third-order valence-electron chi connectivity index (χ3n) is 5.35. The van der Waals surface area contributed by atoms with Gasteiger partial charge in [-0.3, -0.25) is 9.36 Å². The number of hydrogen-bond acceptors (Lipinski definition) is 2. The molecule has 1 aromatic heterocycles. The van der Waals surface area contributed by atoms with Crippen molar-refractivity contribution in [1.82, 2.24) is 14.5 Å². The van der Waals surface area contributed by atoms with Crippen molar-refractivity contribution < 1.29 is 4.79 Å². The summed E-state index contributed by atoms with van der Waals surface area (Å²) < 4.78 is 1.86. The number of nitrogens with one attached hydrogen (secondary N) is 1. The predicted octanol–water partition coefficient (Wildman–Crippen LogP) is 3.42. The molecule has 1 fully saturated rings. The van der Waals surface area contributed by atoms with Crippen LogP contribution in [-0.4, -0.2) is 33.4 Å². The number of hydrogen-bond donors (Lipinski definition) is 1. The van der Waals surface area contributed by atoms with Crippen molar-refractivity contribution >= 4 is 16.9 Å². The van der Waals surface area contributed by atoms with E-state index in [1.54, 1.807) is 0 Å². The molecule has 4 rings (SSSR count). The number of carbonyl (C=O) groups excluding carboxylic acids is 1. The van der Waals surface area contributed by atoms with Crippen molar-refractivity contribution in [2.45, 2.75) is 32.7 Å². The van der Waals surface area contributed by atoms with Crippen LogP contribution < -0.4 is 5.69 Å². The van der Waals surface area contributed by atoms with Gasteiger partial charge in [0.25, 0.3) is 5.91 Å². The lowest BCUT2D eigenvalue weighted by Crippen LogP contribution is -2.40. The van der Waals surface area contributed by atoms with E-state index in [0.717, 1.165) is 40.6 Å². The molecule has 0 bridgehead atoms. The van der Waals surface area contributed by atoms with E-state index in [9.17, 15) is 9.59 Å². The highest BCUT2D eigenvalue weighted by atomic mass is 16.2. The van der Waals surface area contributed by atoms with Gasteiger partial charge in [0, 0.05) is 24.7 Å². The normalized spacial score (nSPS) is 15.5. The third kappa shape index (κ3) is 2.83. The number of nitrogens with zero attached hydrogens (tertiary/aromatic N) is 2. The molecule has 1 N–H and O–H groups in total. The number of fused-ring (bicyclic) bond motifs is 1. The summed E-state index contributed by atoms with van der Waals surface area (Å²) in [5.41, 5.74) is 4.70. The molecule has 1 amide bonds. The lowest BCUT2D eigenvalue weighted by Gasteiger charge is -2.33. The fraction of sp³-hybridized carbons (Fsp3) is 0.333. The van der Waals surface area contributed by atoms with E-state index in [1.807, 2.05) is 65.8 Å². The second kappa shape index (κ2) is 6.48. The first-order chi connectivity index (χ1) is 12.5. The SMILES string of the molecule is Cc1ccc(C(=O)N2CCC(n3c(=O)[nH]c4ccccc43)CC2)c(C)c1. The summed E-state index contributed by atoms with van der Waals surface area (Å²) in [5, 5.41) is 0. The van der Waals surface area contributed by atoms with E-state index in [1.165, 1.54) is 0 Å². The number of likely N-dealkylation sites (tertiary alicyclic amines) is 1. The Bertz CT molecular complexity index is 1020. The van der Waals surface area contributed by atoms with Crippen molar-refractivity contribution in [2.75, 3.05) is 13.1 Å². The summed E-state index contributed by atoms with van der Waals surface area (Å²) in [5.74, 6) is 0.0900. The van der Waals surface area contributed by atoms with E-state index < -0.39 is 0 Å². The smallest absolute Gasteiger partial charge is 0.326 e. The molecule has 1 saturated heterocycles. The fourth-order valence-electron chi connectivity index (χ4n) is 3.99. The van der Waals surface area contributed by atoms with Crippen molar-refractivity contribution in [3.63, 3.8) is 0 Å². The molecule has 0 spiro atoms. The fourth-order valence-corrected chi connectivity index (χ4v) is 3.99. The zero-order valence-corrected chi connectivity index (χ0v) is 15.2. The van der Waals surface area contributed by atoms with Gasteiger partial charge in [-0.2, -0.15) is 0 Å². The maximum absolute atomic E-state index is 12.9. The van der Waals surface area contributed by atoms with E-state index in [4.69, 9.17) is 0 Å². The van der Waals surface area contributed by atoms with E-state index in [2.05, 4.69) is 4.98 Å². The summed E-state index contributed by atoms with van der Waals surface area (Å²) in [4.78, 5) is 30.1. The zero-order chi connectivity index (χ0) is 18.3. The molecule has 2 aromatic carbocycles. The zero-order valence-electron chi connectivity index (χ0n) is 15.2. The van der Waals surface area contributed by atoms with Crippen LogP contribution in [0.2, 0.25) is 0 Å². The van der Waals surface area contributed by atoms with E-state index in [0.29, 0.717) is 13.1 Å². The van der Waals surface area contributed by atoms with Crippen LogP contribution in [0.5, 0.6) is 0 Å². The number of H-pyrrole nitrogens is 1. The summed E-state index contributed by atoms with van der Waals surface area (Å²) in [7, 11) is 0. The van der Waals surface area contributed by atoms with Crippen molar-refractivity contribution in [2.24, 2.45) is 0 Å². The van der Waals surface area contributed by atoms with Crippen molar-refractivity contribution in [1.29, 1.82) is 0 Å². The highest BCUT2D eigenvalue weighted by Crippen LogP contribution is 2.26. The Hall–Kier alpha value is -2.82. The Labute approximate surface area is 152 Å². The first kappa shape index (κ1) is 16.6. The second-order valence-electron chi connectivity index (χ2n) is 7.16. The Morgan fingerprint density at radius 2 is 1.81 bits per heavy atom. The standard InChI is InChI=1S/C21H23N3O2/c1-14-7-8-17(15(2)13-14)20(25)23-11-9-16(10-12-23)24-19-6-4-3-5-18(19)22-21(24)26/h3-8,13,16H,9-12H2,1-2H3,(H,22,26). The average molecular weight is 349 g/mol. The van der Waals surface area contributed by atoms with Crippen LogP contribution in [0, 0.1) is 13.8 Å². The lowest BCUT2D eigenvalue weighted by atomic mass is 10.0. The van der Waals surface area contributed by atoms with Gasteiger partial charge < -0.3 is 9.88 Å². The maximum Gasteiger partial charge on any atom is 0.326 e. The number of aromatic nitrogens is 2. The molecule has 134 valence electrons. The third-order valence-corrected chi connectivity index (χ3v) is 5.35. The van der Waals surface area contributed by atoms with Crippen LogP contribution >= 0.6 is 0 Å². The number of carbonyl (C=O) groups is 1. The van der Waals surface area contributed by atoms with Gasteiger partial charge in [0.05, 0.1) is 11.0 Å². The Morgan fingerprint density at radius 3 is 2.54 bits per heavy atom. The van der Waals surface area contributed by atoms with Crippen molar-refractivity contribution in [3.05, 3.63) is 69.6 Å². The molecular weight excluding hydrogens is 326 g/mol. The van der Waals surface area contributed by atoms with Gasteiger partial charge in [-0.15, -0.1) is 0 Å². The van der Waals surface area contributed by atoms with Crippen LogP contribution in [0.25, 0.3) is 11.0 Å². The number of piperidine rings is 1. The number of rotatable bonds is 2. The topological polar surface area (TPSA) is 58.1 Å². The second-order valence-corrected chi connectivity index (χ2v) is 7.16. The highest BCUT2D eigenvalue weighted by Gasteiger charge is 2.27. The molecule has 0 aliphatic carbocycles. The van der Waals surface area contributed by atoms with Crippen LogP contribution in [0.4, 0.5) is 0 Å². The minimum Gasteiger partial charge on any atom is -0.338 e. The van der Waals surface area contributed by atoms with Gasteiger partial charge in [-0.1, -0.05) is 29.8 Å². The molecular formula is C21H23N3O2. The van der Waals surface area contributed by atoms with Gasteiger partial charge in [0.15, 0.2) is 0 Å². The molecule has 5 heteroatoms. The monoisotopic (exact) mass is 349 g/mol. The average Bonchev–Trinajstić information content (AvgIpc) is 2.97. The maximum atomic E-state index is 12.9. The number of imidazole rings is 1. The summed E-state index contributed by atoms with van der Waals surface area (Å²) in [6.45, 7) is 5.36. The minimum absolute atomic E-state index is 0.0645. The van der Waals surface area contributed by atoms with Gasteiger partial charge in [0.2, 0.25) is 0 Å². The largest absolute Gasteiger partial charge is 0.338 e. The molecule has 5 nitrogen and oxygen atoms in total. The Balaban J connectivity index is 1.53. The van der Waals surface area contributed by atoms with Crippen LogP contribution in [0.3, 0.4) is 0 Å². The molecule has 0 saturated carbocycles. The summed E-state index contributed by atoms with van der Waals surface area (Å²) in [6.07, 6.45) is 1.58. The van der Waals surface area contributed by atoms with Crippen LogP contribution in [0.1, 0.15) is 40.4 Å². The quantitative estimate of drug-likeness (QED) is 0.771. The van der Waals surface area contributed by atoms with Crippen molar-refractivity contribution in [3.8, 4) is 0 Å². The van der Waals surface area contributed by atoms with Gasteiger partial charge in [-0.05, 0) is 50.5 Å². The molecule has 0 radical (unpaired) electrons. The summed E-state index contributed by atoms with van der Waals surface area (Å²) in [6, 6.07) is 13.8. The van der Waals surface area contributed by atoms with Crippen LogP contribution in [-0.2, 0) is 0 Å². The minimum atomic E-state index is -0.0645. The number of amides is 1. The lowest BCUT2D eigenvalue weighted by molar-refractivity contribution is 0.0694. The number of aryl methyl sites for hydroxylation is 2. The summed E-state index contributed by atoms with van der Waals surface area (Å²) >= 11 is 0. The Morgan fingerprint density at radius 1 is 1.08 bits per heavy atom. The van der Waals surface area contributed by atoms with Gasteiger partial charge in [-0.25, -0.2) is 4.79 Å². The molecule has 2 heterocycles. The van der Waals surface area contributed by atoms with Crippen LogP contribution in [0.15, 0.2) is 47.3 Å². The Kier molecular flexibility index (Phi) is 4.15. The highest BCUT2D eigenvalue weighted by molar-refractivity contribution is 5.95. The number of benzene rings is 2. The van der Waals surface area contributed by atoms with E-state index in [-0.39, 0.29) is 17.6 Å².